The molecule has 1 aromatic heterocycles. The number of hydrogen-bond acceptors (Lipinski definition) is 4. The minimum absolute atomic E-state index is 0.120. The molecule has 0 unspecified atom stereocenters. The Morgan fingerprint density at radius 3 is 2.64 bits per heavy atom. The fraction of sp³-hybridized carbons (Fsp3) is 0.250. The number of benzene rings is 1. The molecule has 0 aliphatic heterocycles. The van der Waals surface area contributed by atoms with Crippen LogP contribution >= 0.6 is 15.9 Å². The van der Waals surface area contributed by atoms with Gasteiger partial charge >= 0.3 is 5.97 Å². The Kier molecular flexibility index (Phi) is 4.57. The van der Waals surface area contributed by atoms with Crippen LogP contribution in [0.4, 0.5) is 5.69 Å². The molecular formula is C16H16BrN3O2. The molecular weight excluding hydrogens is 346 g/mol. The maximum atomic E-state index is 12.0. The lowest BCUT2D eigenvalue weighted by atomic mass is 10.0. The number of carbonyl (C=O) groups excluding carboxylic acids is 1. The standard InChI is InChI=1S/C16H16BrN3O2/c1-9(2)10-4-5-13(12(17)6-10)20-8-11(7-18)14(19)15(20)16(21)22-3/h4-6,8-9H,19H2,1-3H3. The summed E-state index contributed by atoms with van der Waals surface area (Å²) in [7, 11) is 1.28. The monoisotopic (exact) mass is 361 g/mol. The first-order valence-corrected chi connectivity index (χ1v) is 7.49. The molecule has 0 aliphatic rings. The largest absolute Gasteiger partial charge is 0.464 e. The average Bonchev–Trinajstić information content (AvgIpc) is 2.82. The van der Waals surface area contributed by atoms with Crippen LogP contribution < -0.4 is 5.73 Å². The van der Waals surface area contributed by atoms with Crippen molar-refractivity contribution in [3.8, 4) is 11.8 Å². The number of ether oxygens (including phenoxy) is 1. The molecule has 2 rings (SSSR count). The average molecular weight is 362 g/mol. The van der Waals surface area contributed by atoms with Gasteiger partial charge in [-0.25, -0.2) is 4.79 Å². The number of aromatic nitrogens is 1. The van der Waals surface area contributed by atoms with Crippen molar-refractivity contribution in [3.63, 3.8) is 0 Å². The van der Waals surface area contributed by atoms with Crippen LogP contribution in [0, 0.1) is 11.3 Å². The third-order valence-corrected chi connectivity index (χ3v) is 4.08. The zero-order valence-corrected chi connectivity index (χ0v) is 14.1. The van der Waals surface area contributed by atoms with E-state index in [4.69, 9.17) is 15.7 Å². The normalized spacial score (nSPS) is 10.5. The van der Waals surface area contributed by atoms with E-state index in [1.807, 2.05) is 24.3 Å². The second-order valence-corrected chi connectivity index (χ2v) is 6.00. The van der Waals surface area contributed by atoms with Crippen molar-refractivity contribution < 1.29 is 9.53 Å². The summed E-state index contributed by atoms with van der Waals surface area (Å²) in [4.78, 5) is 12.0. The first kappa shape index (κ1) is 16.1. The maximum absolute atomic E-state index is 12.0. The van der Waals surface area contributed by atoms with E-state index >= 15 is 0 Å². The van der Waals surface area contributed by atoms with Crippen molar-refractivity contribution in [1.82, 2.24) is 4.57 Å². The Bertz CT molecular complexity index is 772. The summed E-state index contributed by atoms with van der Waals surface area (Å²) in [5.74, 6) is -0.200. The van der Waals surface area contributed by atoms with Gasteiger partial charge in [-0.05, 0) is 39.5 Å². The molecule has 0 atom stereocenters. The van der Waals surface area contributed by atoms with Gasteiger partial charge in [-0.1, -0.05) is 19.9 Å². The van der Waals surface area contributed by atoms with Crippen molar-refractivity contribution in [2.45, 2.75) is 19.8 Å². The Hall–Kier alpha value is -2.26. The van der Waals surface area contributed by atoms with Gasteiger partial charge in [-0.15, -0.1) is 0 Å². The quantitative estimate of drug-likeness (QED) is 0.846. The second-order valence-electron chi connectivity index (χ2n) is 5.14. The summed E-state index contributed by atoms with van der Waals surface area (Å²) in [5.41, 5.74) is 8.29. The lowest BCUT2D eigenvalue weighted by Gasteiger charge is -2.13. The minimum atomic E-state index is -0.584. The van der Waals surface area contributed by atoms with E-state index in [1.54, 1.807) is 4.57 Å². The van der Waals surface area contributed by atoms with E-state index < -0.39 is 5.97 Å². The summed E-state index contributed by atoms with van der Waals surface area (Å²) in [5, 5.41) is 9.14. The lowest BCUT2D eigenvalue weighted by molar-refractivity contribution is 0.0593. The summed E-state index contributed by atoms with van der Waals surface area (Å²) in [6, 6.07) is 7.84. The number of methoxy groups -OCH3 is 1. The van der Waals surface area contributed by atoms with Crippen LogP contribution in [0.2, 0.25) is 0 Å². The van der Waals surface area contributed by atoms with Crippen LogP contribution in [0.3, 0.4) is 0 Å². The van der Waals surface area contributed by atoms with Gasteiger partial charge in [-0.3, -0.25) is 0 Å². The van der Waals surface area contributed by atoms with Crippen LogP contribution in [0.25, 0.3) is 5.69 Å². The first-order chi connectivity index (χ1) is 10.4. The van der Waals surface area contributed by atoms with Crippen molar-refractivity contribution in [2.75, 3.05) is 12.8 Å². The molecule has 5 nitrogen and oxygen atoms in total. The molecule has 1 aromatic carbocycles. The van der Waals surface area contributed by atoms with Crippen LogP contribution in [0.5, 0.6) is 0 Å². The number of nitrogen functional groups attached to an aromatic ring is 1. The summed E-state index contributed by atoms with van der Waals surface area (Å²) < 4.78 is 7.16. The molecule has 6 heteroatoms. The van der Waals surface area contributed by atoms with E-state index in [-0.39, 0.29) is 16.9 Å². The number of rotatable bonds is 3. The number of nitriles is 1. The molecule has 0 saturated heterocycles. The molecule has 0 fully saturated rings. The van der Waals surface area contributed by atoms with Crippen molar-refractivity contribution in [2.24, 2.45) is 0 Å². The number of esters is 1. The molecule has 1 heterocycles. The van der Waals surface area contributed by atoms with Gasteiger partial charge in [-0.2, -0.15) is 5.26 Å². The molecule has 2 aromatic rings. The van der Waals surface area contributed by atoms with Crippen LogP contribution in [0.15, 0.2) is 28.9 Å². The molecule has 0 amide bonds. The highest BCUT2D eigenvalue weighted by atomic mass is 79.9. The van der Waals surface area contributed by atoms with Gasteiger partial charge < -0.3 is 15.0 Å². The third-order valence-electron chi connectivity index (χ3n) is 3.44. The zero-order chi connectivity index (χ0) is 16.4. The fourth-order valence-electron chi connectivity index (χ4n) is 2.18. The predicted octanol–water partition coefficient (Wildman–Crippen LogP) is 3.60. The molecule has 0 radical (unpaired) electrons. The fourth-order valence-corrected chi connectivity index (χ4v) is 2.77. The number of nitrogens with two attached hydrogens (primary N) is 1. The number of anilines is 1. The van der Waals surface area contributed by atoms with Gasteiger partial charge in [0.1, 0.15) is 6.07 Å². The molecule has 0 spiro atoms. The Balaban J connectivity index is 2.67. The van der Waals surface area contributed by atoms with Gasteiger partial charge in [0.15, 0.2) is 5.69 Å². The van der Waals surface area contributed by atoms with Gasteiger partial charge in [0, 0.05) is 10.7 Å². The number of nitrogens with zero attached hydrogens (tertiary/aromatic N) is 2. The van der Waals surface area contributed by atoms with Crippen LogP contribution in [0.1, 0.15) is 41.4 Å². The van der Waals surface area contributed by atoms with E-state index in [1.165, 1.54) is 13.3 Å². The summed E-state index contributed by atoms with van der Waals surface area (Å²) in [6.45, 7) is 4.20. The minimum Gasteiger partial charge on any atom is -0.464 e. The molecule has 2 N–H and O–H groups in total. The highest BCUT2D eigenvalue weighted by molar-refractivity contribution is 9.10. The second kappa shape index (κ2) is 6.24. The van der Waals surface area contributed by atoms with Crippen molar-refractivity contribution in [3.05, 3.63) is 45.7 Å². The Morgan fingerprint density at radius 2 is 2.14 bits per heavy atom. The molecule has 0 bridgehead atoms. The maximum Gasteiger partial charge on any atom is 0.357 e. The summed E-state index contributed by atoms with van der Waals surface area (Å²) >= 11 is 3.52. The topological polar surface area (TPSA) is 81.0 Å². The SMILES string of the molecule is COC(=O)c1c(N)c(C#N)cn1-c1ccc(C(C)C)cc1Br. The highest BCUT2D eigenvalue weighted by Gasteiger charge is 2.22. The van der Waals surface area contributed by atoms with E-state index in [0.29, 0.717) is 5.92 Å². The van der Waals surface area contributed by atoms with E-state index in [0.717, 1.165) is 15.7 Å². The smallest absolute Gasteiger partial charge is 0.357 e. The Labute approximate surface area is 137 Å². The molecule has 0 aliphatic carbocycles. The van der Waals surface area contributed by atoms with Gasteiger partial charge in [0.05, 0.1) is 24.0 Å². The number of halogens is 1. The molecule has 114 valence electrons. The molecule has 0 saturated carbocycles. The van der Waals surface area contributed by atoms with Gasteiger partial charge in [0.25, 0.3) is 0 Å². The Morgan fingerprint density at radius 1 is 1.45 bits per heavy atom. The third kappa shape index (κ3) is 2.72. The summed E-state index contributed by atoms with van der Waals surface area (Å²) in [6.07, 6.45) is 1.54. The highest BCUT2D eigenvalue weighted by Crippen LogP contribution is 2.31. The van der Waals surface area contributed by atoms with E-state index in [2.05, 4.69) is 29.8 Å². The lowest BCUT2D eigenvalue weighted by Crippen LogP contribution is -2.11. The van der Waals surface area contributed by atoms with Crippen molar-refractivity contribution >= 4 is 27.6 Å². The van der Waals surface area contributed by atoms with Crippen molar-refractivity contribution in [1.29, 1.82) is 5.26 Å². The zero-order valence-electron chi connectivity index (χ0n) is 12.6. The van der Waals surface area contributed by atoms with Gasteiger partial charge in [0.2, 0.25) is 0 Å². The number of carbonyl (C=O) groups is 1. The molecule has 22 heavy (non-hydrogen) atoms. The van der Waals surface area contributed by atoms with E-state index in [9.17, 15) is 4.79 Å². The van der Waals surface area contributed by atoms with Crippen LogP contribution in [-0.4, -0.2) is 17.6 Å². The predicted molar refractivity (Wildman–Crippen MR) is 88.0 cm³/mol. The first-order valence-electron chi connectivity index (χ1n) is 6.69. The van der Waals surface area contributed by atoms with Crippen LogP contribution in [-0.2, 0) is 4.74 Å². The number of hydrogen-bond donors (Lipinski definition) is 1.